The maximum absolute atomic E-state index is 13.1. The largest absolute Gasteiger partial charge is 0.377 e. The van der Waals surface area contributed by atoms with Crippen molar-refractivity contribution in [1.82, 2.24) is 10.0 Å². The number of carbonyl (C=O) groups is 1. The van der Waals surface area contributed by atoms with Gasteiger partial charge in [0.15, 0.2) is 0 Å². The highest BCUT2D eigenvalue weighted by molar-refractivity contribution is 7.89. The minimum atomic E-state index is -3.84. The van der Waals surface area contributed by atoms with Crippen molar-refractivity contribution in [3.8, 4) is 0 Å². The zero-order chi connectivity index (χ0) is 22.5. The molecule has 4 saturated carbocycles. The van der Waals surface area contributed by atoms with Crippen LogP contribution in [0.5, 0.6) is 0 Å². The Labute approximate surface area is 195 Å². The highest BCUT2D eigenvalue weighted by Gasteiger charge is 2.53. The summed E-state index contributed by atoms with van der Waals surface area (Å²) in [7, 11) is -3.84. The highest BCUT2D eigenvalue weighted by atomic mass is 35.5. The number of hydrogen-bond acceptors (Lipinski definition) is 4. The van der Waals surface area contributed by atoms with E-state index in [1.807, 2.05) is 0 Å². The third kappa shape index (κ3) is 4.33. The van der Waals surface area contributed by atoms with E-state index in [0.29, 0.717) is 12.2 Å². The Morgan fingerprint density at radius 2 is 1.84 bits per heavy atom. The van der Waals surface area contributed by atoms with Crippen LogP contribution >= 0.6 is 11.6 Å². The van der Waals surface area contributed by atoms with E-state index in [-0.39, 0.29) is 39.9 Å². The smallest absolute Gasteiger partial charge is 0.251 e. The number of halogens is 1. The summed E-state index contributed by atoms with van der Waals surface area (Å²) in [5, 5.41) is 3.32. The molecular weight excluding hydrogens is 448 g/mol. The molecule has 8 heteroatoms. The normalized spacial score (nSPS) is 34.6. The Kier molecular flexibility index (Phi) is 6.06. The van der Waals surface area contributed by atoms with Gasteiger partial charge in [0.25, 0.3) is 5.91 Å². The van der Waals surface area contributed by atoms with Gasteiger partial charge in [0.05, 0.1) is 11.1 Å². The van der Waals surface area contributed by atoms with Crippen molar-refractivity contribution >= 4 is 27.5 Å². The van der Waals surface area contributed by atoms with Crippen LogP contribution in [0.2, 0.25) is 5.02 Å². The fourth-order valence-corrected chi connectivity index (χ4v) is 8.67. The molecule has 5 aliphatic rings. The zero-order valence-corrected chi connectivity index (χ0v) is 20.2. The summed E-state index contributed by atoms with van der Waals surface area (Å²) in [4.78, 5) is 13.1. The maximum atomic E-state index is 13.1. The van der Waals surface area contributed by atoms with Gasteiger partial charge in [-0.05, 0) is 99.7 Å². The second-order valence-corrected chi connectivity index (χ2v) is 12.7. The molecule has 4 aliphatic carbocycles. The van der Waals surface area contributed by atoms with Gasteiger partial charge >= 0.3 is 0 Å². The van der Waals surface area contributed by atoms with Crippen LogP contribution in [0.3, 0.4) is 0 Å². The average molecular weight is 481 g/mol. The van der Waals surface area contributed by atoms with Crippen LogP contribution in [0.1, 0.15) is 68.6 Å². The maximum Gasteiger partial charge on any atom is 0.251 e. The summed E-state index contributed by atoms with van der Waals surface area (Å²) in [5.74, 6) is 2.19. The van der Waals surface area contributed by atoms with E-state index in [2.05, 4.69) is 17.0 Å². The van der Waals surface area contributed by atoms with Crippen molar-refractivity contribution in [1.29, 1.82) is 0 Å². The number of ether oxygens (including phenoxy) is 1. The van der Waals surface area contributed by atoms with Crippen molar-refractivity contribution < 1.29 is 17.9 Å². The van der Waals surface area contributed by atoms with E-state index < -0.39 is 10.0 Å². The van der Waals surface area contributed by atoms with Crippen molar-refractivity contribution in [2.45, 2.75) is 75.3 Å². The summed E-state index contributed by atoms with van der Waals surface area (Å²) in [6.07, 6.45) is 9.34. The molecule has 1 amide bonds. The molecule has 32 heavy (non-hydrogen) atoms. The third-order valence-electron chi connectivity index (χ3n) is 8.36. The third-order valence-corrected chi connectivity index (χ3v) is 10.3. The summed E-state index contributed by atoms with van der Waals surface area (Å²) in [5.41, 5.74) is 0.512. The van der Waals surface area contributed by atoms with Crippen LogP contribution < -0.4 is 10.0 Å². The molecule has 6 nitrogen and oxygen atoms in total. The van der Waals surface area contributed by atoms with Gasteiger partial charge in [0.1, 0.15) is 4.90 Å². The van der Waals surface area contributed by atoms with Crippen LogP contribution in [-0.2, 0) is 14.8 Å². The number of benzene rings is 1. The minimum absolute atomic E-state index is 0.0627. The fraction of sp³-hybridized carbons (Fsp3) is 0.708. The van der Waals surface area contributed by atoms with E-state index in [4.69, 9.17) is 16.3 Å². The molecule has 1 aromatic rings. The van der Waals surface area contributed by atoms with Gasteiger partial charge < -0.3 is 10.1 Å². The van der Waals surface area contributed by atoms with Gasteiger partial charge in [0, 0.05) is 24.8 Å². The molecule has 2 N–H and O–H groups in total. The molecule has 5 fully saturated rings. The van der Waals surface area contributed by atoms with Crippen molar-refractivity contribution in [2.75, 3.05) is 13.2 Å². The summed E-state index contributed by atoms with van der Waals surface area (Å²) in [6, 6.07) is 4.55. The van der Waals surface area contributed by atoms with E-state index >= 15 is 0 Å². The van der Waals surface area contributed by atoms with Crippen LogP contribution in [0.25, 0.3) is 0 Å². The van der Waals surface area contributed by atoms with Crippen molar-refractivity contribution in [2.24, 2.45) is 23.2 Å². The molecule has 0 spiro atoms. The summed E-state index contributed by atoms with van der Waals surface area (Å²) < 4.78 is 33.8. The Hall–Kier alpha value is -1.15. The second-order valence-electron chi connectivity index (χ2n) is 10.6. The van der Waals surface area contributed by atoms with Crippen LogP contribution in [0, 0.1) is 23.2 Å². The van der Waals surface area contributed by atoms with Crippen molar-refractivity contribution in [3.05, 3.63) is 28.8 Å². The molecule has 0 radical (unpaired) electrons. The number of sulfonamides is 1. The lowest BCUT2D eigenvalue weighted by Crippen LogP contribution is -2.55. The predicted molar refractivity (Wildman–Crippen MR) is 123 cm³/mol. The molecule has 1 aliphatic heterocycles. The molecule has 1 aromatic carbocycles. The molecule has 2 atom stereocenters. The monoisotopic (exact) mass is 480 g/mol. The Morgan fingerprint density at radius 3 is 2.44 bits per heavy atom. The molecule has 0 unspecified atom stereocenters. The Bertz CT molecular complexity index is 954. The first-order valence-electron chi connectivity index (χ1n) is 12.0. The molecule has 1 saturated heterocycles. The number of carbonyl (C=O) groups excluding carboxylic acids is 1. The molecule has 6 rings (SSSR count). The van der Waals surface area contributed by atoms with E-state index in [1.54, 1.807) is 6.07 Å². The second kappa shape index (κ2) is 8.57. The first-order valence-corrected chi connectivity index (χ1v) is 13.8. The van der Waals surface area contributed by atoms with Crippen LogP contribution in [0.4, 0.5) is 0 Å². The molecule has 1 heterocycles. The lowest BCUT2D eigenvalue weighted by molar-refractivity contribution is -0.0688. The van der Waals surface area contributed by atoms with Gasteiger partial charge in [-0.25, -0.2) is 13.1 Å². The SMILES string of the molecule is C[C@H](NC(=O)c1ccc(Cl)c(S(=O)(=O)NC[C@H]2CCCO2)c1)C12CC3CC(CC(C3)C1)C2. The quantitative estimate of drug-likeness (QED) is 0.614. The zero-order valence-electron chi connectivity index (χ0n) is 18.6. The topological polar surface area (TPSA) is 84.5 Å². The van der Waals surface area contributed by atoms with E-state index in [1.165, 1.54) is 50.7 Å². The van der Waals surface area contributed by atoms with Gasteiger partial charge in [-0.2, -0.15) is 0 Å². The highest BCUT2D eigenvalue weighted by Crippen LogP contribution is 2.61. The molecular formula is C24H33ClN2O4S. The van der Waals surface area contributed by atoms with E-state index in [0.717, 1.165) is 30.6 Å². The minimum Gasteiger partial charge on any atom is -0.377 e. The number of hydrogen-bond donors (Lipinski definition) is 2. The van der Waals surface area contributed by atoms with Crippen molar-refractivity contribution in [3.63, 3.8) is 0 Å². The van der Waals surface area contributed by atoms with Gasteiger partial charge in [-0.1, -0.05) is 11.6 Å². The first-order chi connectivity index (χ1) is 15.2. The van der Waals surface area contributed by atoms with Crippen LogP contribution in [0.15, 0.2) is 23.1 Å². The lowest BCUT2D eigenvalue weighted by Gasteiger charge is -2.59. The predicted octanol–water partition coefficient (Wildman–Crippen LogP) is 4.13. The fourth-order valence-electron chi connectivity index (χ4n) is 7.08. The standard InChI is InChI=1S/C24H33ClN2O4S/c1-15(24-11-16-7-17(12-24)9-18(8-16)13-24)27-23(28)19-4-5-21(25)22(10-19)32(29,30)26-14-20-3-2-6-31-20/h4-5,10,15-18,20,26H,2-3,6-9,11-14H2,1H3,(H,27,28)/t15-,16?,17?,18?,20+,24?/m0/s1. The summed E-state index contributed by atoms with van der Waals surface area (Å²) >= 11 is 6.22. The lowest BCUT2D eigenvalue weighted by atomic mass is 9.48. The van der Waals surface area contributed by atoms with Gasteiger partial charge in [0.2, 0.25) is 10.0 Å². The van der Waals surface area contributed by atoms with Crippen LogP contribution in [-0.4, -0.2) is 39.6 Å². The van der Waals surface area contributed by atoms with E-state index in [9.17, 15) is 13.2 Å². The summed E-state index contributed by atoms with van der Waals surface area (Å²) in [6.45, 7) is 2.99. The molecule has 4 bridgehead atoms. The molecule has 176 valence electrons. The number of amides is 1. The number of nitrogens with one attached hydrogen (secondary N) is 2. The Morgan fingerprint density at radius 1 is 1.19 bits per heavy atom. The number of rotatable bonds is 7. The van der Waals surface area contributed by atoms with Gasteiger partial charge in [-0.15, -0.1) is 0 Å². The average Bonchev–Trinajstić information content (AvgIpc) is 3.25. The van der Waals surface area contributed by atoms with Gasteiger partial charge in [-0.3, -0.25) is 4.79 Å². The molecule has 0 aromatic heterocycles. The first kappa shape index (κ1) is 22.6. The Balaban J connectivity index is 1.29.